The smallest absolute Gasteiger partial charge is 0.191 e. The fraction of sp³-hybridized carbons (Fsp3) is 0.929. The van der Waals surface area contributed by atoms with E-state index in [1.807, 2.05) is 25.6 Å². The van der Waals surface area contributed by atoms with Gasteiger partial charge in [-0.1, -0.05) is 13.8 Å². The summed E-state index contributed by atoms with van der Waals surface area (Å²) in [5.74, 6) is 3.27. The molecule has 0 bridgehead atoms. The second-order valence-electron chi connectivity index (χ2n) is 5.19. The largest absolute Gasteiger partial charge is 0.388 e. The number of hydrogen-bond donors (Lipinski definition) is 3. The zero-order valence-electron chi connectivity index (χ0n) is 12.5. The molecule has 0 aromatic rings. The molecule has 1 atom stereocenters. The van der Waals surface area contributed by atoms with E-state index in [9.17, 15) is 5.11 Å². The first-order chi connectivity index (χ1) is 9.13. The molecule has 1 unspecified atom stereocenters. The van der Waals surface area contributed by atoms with Gasteiger partial charge in [-0.2, -0.15) is 11.8 Å². The highest BCUT2D eigenvalue weighted by Crippen LogP contribution is 2.17. The highest BCUT2D eigenvalue weighted by molar-refractivity contribution is 7.99. The summed E-state index contributed by atoms with van der Waals surface area (Å²) >= 11 is 2.00. The van der Waals surface area contributed by atoms with E-state index in [0.717, 1.165) is 31.1 Å². The van der Waals surface area contributed by atoms with Crippen molar-refractivity contribution in [2.24, 2.45) is 4.99 Å². The highest BCUT2D eigenvalue weighted by atomic mass is 32.2. The molecule has 1 rings (SSSR count). The van der Waals surface area contributed by atoms with Gasteiger partial charge < -0.3 is 15.7 Å². The van der Waals surface area contributed by atoms with E-state index in [0.29, 0.717) is 12.6 Å². The van der Waals surface area contributed by atoms with E-state index in [2.05, 4.69) is 22.5 Å². The number of hydrogen-bond acceptors (Lipinski definition) is 3. The lowest BCUT2D eigenvalue weighted by molar-refractivity contribution is 0.0417. The van der Waals surface area contributed by atoms with Gasteiger partial charge in [-0.3, -0.25) is 4.99 Å². The lowest BCUT2D eigenvalue weighted by Crippen LogP contribution is -2.46. The molecule has 0 aliphatic carbocycles. The Morgan fingerprint density at radius 3 is 2.63 bits per heavy atom. The molecule has 4 nitrogen and oxygen atoms in total. The Kier molecular flexibility index (Phi) is 7.61. The Morgan fingerprint density at radius 1 is 1.37 bits per heavy atom. The molecule has 1 heterocycles. The number of aliphatic hydroxyl groups is 1. The van der Waals surface area contributed by atoms with Crippen LogP contribution in [-0.2, 0) is 0 Å². The van der Waals surface area contributed by atoms with Gasteiger partial charge in [0.2, 0.25) is 0 Å². The first-order valence-electron chi connectivity index (χ1n) is 7.48. The minimum absolute atomic E-state index is 0.467. The van der Waals surface area contributed by atoms with E-state index in [1.54, 1.807) is 0 Å². The summed E-state index contributed by atoms with van der Waals surface area (Å²) in [4.78, 5) is 4.56. The molecule has 1 fully saturated rings. The molecule has 1 saturated heterocycles. The Bertz CT molecular complexity index is 274. The molecule has 3 N–H and O–H groups in total. The maximum Gasteiger partial charge on any atom is 0.191 e. The van der Waals surface area contributed by atoms with Crippen LogP contribution in [-0.4, -0.2) is 47.3 Å². The first-order valence-corrected chi connectivity index (χ1v) is 8.64. The zero-order valence-corrected chi connectivity index (χ0v) is 13.4. The minimum atomic E-state index is -0.663. The van der Waals surface area contributed by atoms with Crippen molar-refractivity contribution < 1.29 is 5.11 Å². The first kappa shape index (κ1) is 16.6. The normalized spacial score (nSPS) is 21.3. The third kappa shape index (κ3) is 6.04. The van der Waals surface area contributed by atoms with Gasteiger partial charge >= 0.3 is 0 Å². The number of nitrogens with zero attached hydrogens (tertiary/aromatic N) is 1. The van der Waals surface area contributed by atoms with Crippen molar-refractivity contribution in [3.05, 3.63) is 0 Å². The molecule has 5 heteroatoms. The second kappa shape index (κ2) is 8.69. The van der Waals surface area contributed by atoms with Crippen LogP contribution in [0.25, 0.3) is 0 Å². The zero-order chi connectivity index (χ0) is 14.1. The molecule has 0 saturated carbocycles. The predicted octanol–water partition coefficient (Wildman–Crippen LogP) is 1.99. The average molecular weight is 287 g/mol. The van der Waals surface area contributed by atoms with Crippen LogP contribution in [0.4, 0.5) is 0 Å². The van der Waals surface area contributed by atoms with Crippen molar-refractivity contribution in [2.45, 2.75) is 58.1 Å². The average Bonchev–Trinajstić information content (AvgIpc) is 2.46. The van der Waals surface area contributed by atoms with Crippen molar-refractivity contribution in [1.29, 1.82) is 0 Å². The summed E-state index contributed by atoms with van der Waals surface area (Å²) in [6.07, 6.45) is 3.97. The van der Waals surface area contributed by atoms with Crippen LogP contribution in [0.15, 0.2) is 4.99 Å². The molecule has 112 valence electrons. The van der Waals surface area contributed by atoms with E-state index >= 15 is 0 Å². The molecular formula is C14H29N3OS. The Labute approximate surface area is 121 Å². The molecule has 0 aromatic carbocycles. The van der Waals surface area contributed by atoms with Crippen LogP contribution in [0.3, 0.4) is 0 Å². The van der Waals surface area contributed by atoms with Gasteiger partial charge in [0.05, 0.1) is 12.1 Å². The van der Waals surface area contributed by atoms with Gasteiger partial charge in [-0.05, 0) is 38.4 Å². The molecular weight excluding hydrogens is 258 g/mol. The van der Waals surface area contributed by atoms with Gasteiger partial charge in [-0.25, -0.2) is 0 Å². The molecule has 1 aliphatic heterocycles. The lowest BCUT2D eigenvalue weighted by Gasteiger charge is -2.26. The van der Waals surface area contributed by atoms with Gasteiger partial charge in [-0.15, -0.1) is 0 Å². The van der Waals surface area contributed by atoms with Crippen molar-refractivity contribution >= 4 is 17.7 Å². The Balaban J connectivity index is 2.54. The number of guanidine groups is 1. The van der Waals surface area contributed by atoms with E-state index < -0.39 is 5.60 Å². The summed E-state index contributed by atoms with van der Waals surface area (Å²) in [5, 5.41) is 17.0. The van der Waals surface area contributed by atoms with Crippen molar-refractivity contribution in [2.75, 3.05) is 24.6 Å². The van der Waals surface area contributed by atoms with Crippen molar-refractivity contribution in [3.8, 4) is 0 Å². The van der Waals surface area contributed by atoms with Crippen LogP contribution >= 0.6 is 11.8 Å². The lowest BCUT2D eigenvalue weighted by atomic mass is 9.98. The summed E-state index contributed by atoms with van der Waals surface area (Å²) in [6.45, 7) is 7.41. The maximum atomic E-state index is 10.3. The molecule has 0 spiro atoms. The maximum absolute atomic E-state index is 10.3. The van der Waals surface area contributed by atoms with Crippen LogP contribution in [0.5, 0.6) is 0 Å². The summed E-state index contributed by atoms with van der Waals surface area (Å²) in [6, 6.07) is 0.507. The molecule has 19 heavy (non-hydrogen) atoms. The topological polar surface area (TPSA) is 56.7 Å². The van der Waals surface area contributed by atoms with Gasteiger partial charge in [0, 0.05) is 18.3 Å². The van der Waals surface area contributed by atoms with Gasteiger partial charge in [0.1, 0.15) is 0 Å². The Hall–Kier alpha value is -0.420. The molecule has 1 aliphatic rings. The van der Waals surface area contributed by atoms with Crippen molar-refractivity contribution in [3.63, 3.8) is 0 Å². The number of aliphatic imine (C=N–C) groups is 1. The van der Waals surface area contributed by atoms with E-state index in [-0.39, 0.29) is 0 Å². The van der Waals surface area contributed by atoms with Crippen LogP contribution in [0.2, 0.25) is 0 Å². The van der Waals surface area contributed by atoms with Gasteiger partial charge in [0.25, 0.3) is 0 Å². The summed E-state index contributed by atoms with van der Waals surface area (Å²) in [7, 11) is 0. The summed E-state index contributed by atoms with van der Waals surface area (Å²) < 4.78 is 0. The third-order valence-corrected chi connectivity index (χ3v) is 4.91. The van der Waals surface area contributed by atoms with Crippen LogP contribution in [0, 0.1) is 0 Å². The number of rotatable bonds is 6. The Morgan fingerprint density at radius 2 is 2.11 bits per heavy atom. The van der Waals surface area contributed by atoms with Crippen molar-refractivity contribution in [1.82, 2.24) is 10.6 Å². The standard InChI is InChI=1S/C14H29N3OS/c1-4-14(18,5-2)11-16-13(15-6-3)17-12-8-7-9-19-10-12/h12,18H,4-11H2,1-3H3,(H2,15,16,17). The third-order valence-electron chi connectivity index (χ3n) is 3.69. The highest BCUT2D eigenvalue weighted by Gasteiger charge is 2.22. The fourth-order valence-electron chi connectivity index (χ4n) is 2.07. The quantitative estimate of drug-likeness (QED) is 0.516. The summed E-state index contributed by atoms with van der Waals surface area (Å²) in [5.41, 5.74) is -0.663. The van der Waals surface area contributed by atoms with E-state index in [4.69, 9.17) is 0 Å². The van der Waals surface area contributed by atoms with E-state index in [1.165, 1.54) is 18.6 Å². The number of thioether (sulfide) groups is 1. The molecule has 0 amide bonds. The van der Waals surface area contributed by atoms with Crippen LogP contribution in [0.1, 0.15) is 46.5 Å². The second-order valence-corrected chi connectivity index (χ2v) is 6.33. The predicted molar refractivity (Wildman–Crippen MR) is 85.0 cm³/mol. The number of nitrogens with one attached hydrogen (secondary N) is 2. The van der Waals surface area contributed by atoms with Crippen LogP contribution < -0.4 is 10.6 Å². The minimum Gasteiger partial charge on any atom is -0.388 e. The molecule has 0 aromatic heterocycles. The van der Waals surface area contributed by atoms with Gasteiger partial charge in [0.15, 0.2) is 5.96 Å². The fourth-order valence-corrected chi connectivity index (χ4v) is 3.14. The molecule has 0 radical (unpaired) electrons. The SMILES string of the molecule is CCNC(=NCC(O)(CC)CC)NC1CCCSC1. The monoisotopic (exact) mass is 287 g/mol.